The number of aliphatic hydroxyl groups is 1. The van der Waals surface area contributed by atoms with Crippen molar-refractivity contribution in [1.82, 2.24) is 0 Å². The van der Waals surface area contributed by atoms with Crippen LogP contribution in [0, 0.1) is 11.3 Å². The molecule has 9 heavy (non-hydrogen) atoms. The Kier molecular flexibility index (Phi) is 0.963. The number of rotatable bonds is 0. The van der Waals surface area contributed by atoms with Gasteiger partial charge in [0, 0.05) is 0 Å². The van der Waals surface area contributed by atoms with E-state index < -0.39 is 0 Å². The van der Waals surface area contributed by atoms with Crippen LogP contribution in [0.3, 0.4) is 0 Å². The lowest BCUT2D eigenvalue weighted by molar-refractivity contribution is 0.0753. The molecule has 0 saturated heterocycles. The predicted molar refractivity (Wildman–Crippen MR) is 36.1 cm³/mol. The zero-order valence-corrected chi connectivity index (χ0v) is 5.93. The van der Waals surface area contributed by atoms with Crippen molar-refractivity contribution in [1.29, 1.82) is 0 Å². The van der Waals surface area contributed by atoms with Crippen molar-refractivity contribution >= 4 is 0 Å². The lowest BCUT2D eigenvalue weighted by atomic mass is 9.86. The van der Waals surface area contributed by atoms with Crippen molar-refractivity contribution in [3.63, 3.8) is 0 Å². The quantitative estimate of drug-likeness (QED) is 0.522. The van der Waals surface area contributed by atoms with Crippen molar-refractivity contribution in [3.05, 3.63) is 0 Å². The molecule has 0 aliphatic heterocycles. The number of hydrogen-bond acceptors (Lipinski definition) is 1. The van der Waals surface area contributed by atoms with Gasteiger partial charge < -0.3 is 5.11 Å². The second-order valence-electron chi connectivity index (χ2n) is 3.94. The Bertz CT molecular complexity index is 123. The highest BCUT2D eigenvalue weighted by Gasteiger charge is 2.49. The maximum absolute atomic E-state index is 9.59. The molecule has 1 N–H and O–H groups in total. The smallest absolute Gasteiger partial charge is 0.0621 e. The van der Waals surface area contributed by atoms with Crippen LogP contribution < -0.4 is 0 Å². The Labute approximate surface area is 56.1 Å². The molecule has 2 rings (SSSR count). The maximum atomic E-state index is 9.59. The van der Waals surface area contributed by atoms with Gasteiger partial charge in [-0.15, -0.1) is 0 Å². The molecule has 1 atom stereocenters. The lowest BCUT2D eigenvalue weighted by Crippen LogP contribution is -2.22. The van der Waals surface area contributed by atoms with Gasteiger partial charge in [-0.3, -0.25) is 0 Å². The van der Waals surface area contributed by atoms with E-state index in [1.54, 1.807) is 0 Å². The van der Waals surface area contributed by atoms with Crippen LogP contribution in [-0.4, -0.2) is 11.2 Å². The van der Waals surface area contributed by atoms with Crippen LogP contribution in [0.4, 0.5) is 0 Å². The molecule has 2 aliphatic carbocycles. The number of fused-ring (bicyclic) bond motifs is 2. The summed E-state index contributed by atoms with van der Waals surface area (Å²) in [5.41, 5.74) is 0.324. The summed E-state index contributed by atoms with van der Waals surface area (Å²) < 4.78 is 0. The van der Waals surface area contributed by atoms with E-state index >= 15 is 0 Å². The Morgan fingerprint density at radius 1 is 1.33 bits per heavy atom. The van der Waals surface area contributed by atoms with Gasteiger partial charge in [-0.1, -0.05) is 6.92 Å². The molecular formula is C8H14O. The standard InChI is InChI=1S/C8H14O/c1-8-4-2-6(3-5-8)7(8)9/h6-7,9H,2-5H2,1H3. The Morgan fingerprint density at radius 2 is 1.89 bits per heavy atom. The Hall–Kier alpha value is -0.0400. The van der Waals surface area contributed by atoms with E-state index in [4.69, 9.17) is 0 Å². The SMILES string of the molecule is CC12CCC(CC1)C2O. The minimum absolute atomic E-state index is 0.0394. The summed E-state index contributed by atoms with van der Waals surface area (Å²) in [5, 5.41) is 9.59. The average Bonchev–Trinajstić information content (AvgIpc) is 2.24. The van der Waals surface area contributed by atoms with Crippen LogP contribution >= 0.6 is 0 Å². The molecule has 2 aliphatic rings. The van der Waals surface area contributed by atoms with E-state index in [1.807, 2.05) is 0 Å². The van der Waals surface area contributed by atoms with E-state index in [0.717, 1.165) is 0 Å². The molecule has 0 amide bonds. The predicted octanol–water partition coefficient (Wildman–Crippen LogP) is 1.56. The van der Waals surface area contributed by atoms with Gasteiger partial charge in [-0.2, -0.15) is 0 Å². The zero-order valence-electron chi connectivity index (χ0n) is 5.93. The van der Waals surface area contributed by atoms with Crippen molar-refractivity contribution in [2.45, 2.75) is 38.7 Å². The fourth-order valence-electron chi connectivity index (χ4n) is 2.48. The Balaban J connectivity index is 2.26. The van der Waals surface area contributed by atoms with Gasteiger partial charge in [-0.25, -0.2) is 0 Å². The third-order valence-electron chi connectivity index (χ3n) is 3.33. The minimum atomic E-state index is 0.0394. The van der Waals surface area contributed by atoms with Crippen molar-refractivity contribution in [2.75, 3.05) is 0 Å². The molecule has 2 fully saturated rings. The van der Waals surface area contributed by atoms with Gasteiger partial charge in [0.2, 0.25) is 0 Å². The zero-order chi connectivity index (χ0) is 6.48. The molecule has 0 radical (unpaired) electrons. The van der Waals surface area contributed by atoms with Crippen molar-refractivity contribution in [2.24, 2.45) is 11.3 Å². The molecule has 1 unspecified atom stereocenters. The van der Waals surface area contributed by atoms with Gasteiger partial charge in [0.05, 0.1) is 6.10 Å². The average molecular weight is 126 g/mol. The van der Waals surface area contributed by atoms with Crippen LogP contribution in [0.1, 0.15) is 32.6 Å². The van der Waals surface area contributed by atoms with Gasteiger partial charge in [0.1, 0.15) is 0 Å². The summed E-state index contributed by atoms with van der Waals surface area (Å²) in [5.74, 6) is 0.662. The van der Waals surface area contributed by atoms with Crippen LogP contribution in [0.5, 0.6) is 0 Å². The first-order chi connectivity index (χ1) is 4.22. The van der Waals surface area contributed by atoms with E-state index in [2.05, 4.69) is 6.92 Å². The second kappa shape index (κ2) is 1.51. The molecule has 0 aromatic carbocycles. The molecule has 1 nitrogen and oxygen atoms in total. The third kappa shape index (κ3) is 0.586. The first-order valence-electron chi connectivity index (χ1n) is 3.90. The van der Waals surface area contributed by atoms with E-state index in [0.29, 0.717) is 11.3 Å². The largest absolute Gasteiger partial charge is 0.392 e. The molecule has 52 valence electrons. The van der Waals surface area contributed by atoms with Crippen LogP contribution in [0.15, 0.2) is 0 Å². The van der Waals surface area contributed by atoms with E-state index in [9.17, 15) is 5.11 Å². The summed E-state index contributed by atoms with van der Waals surface area (Å²) in [6, 6.07) is 0. The van der Waals surface area contributed by atoms with Crippen LogP contribution in [0.2, 0.25) is 0 Å². The highest BCUT2D eigenvalue weighted by Crippen LogP contribution is 2.53. The summed E-state index contributed by atoms with van der Waals surface area (Å²) in [7, 11) is 0. The fourth-order valence-corrected chi connectivity index (χ4v) is 2.48. The minimum Gasteiger partial charge on any atom is -0.392 e. The summed E-state index contributed by atoms with van der Waals surface area (Å²) in [6.07, 6.45) is 5.12. The summed E-state index contributed by atoms with van der Waals surface area (Å²) in [6.45, 7) is 2.23. The summed E-state index contributed by atoms with van der Waals surface area (Å²) >= 11 is 0. The molecule has 0 aromatic heterocycles. The van der Waals surface area contributed by atoms with E-state index in [1.165, 1.54) is 25.7 Å². The highest BCUT2D eigenvalue weighted by atomic mass is 16.3. The van der Waals surface area contributed by atoms with Gasteiger partial charge >= 0.3 is 0 Å². The molecule has 0 heterocycles. The highest BCUT2D eigenvalue weighted by molar-refractivity contribution is 5.00. The fraction of sp³-hybridized carbons (Fsp3) is 1.00. The second-order valence-corrected chi connectivity index (χ2v) is 3.94. The van der Waals surface area contributed by atoms with Crippen molar-refractivity contribution in [3.8, 4) is 0 Å². The molecule has 2 bridgehead atoms. The van der Waals surface area contributed by atoms with Crippen LogP contribution in [0.25, 0.3) is 0 Å². The first kappa shape index (κ1) is 5.72. The van der Waals surface area contributed by atoms with Crippen molar-refractivity contribution < 1.29 is 5.11 Å². The number of hydrogen-bond donors (Lipinski definition) is 1. The van der Waals surface area contributed by atoms with Gasteiger partial charge in [0.25, 0.3) is 0 Å². The number of aliphatic hydroxyl groups excluding tert-OH is 1. The van der Waals surface area contributed by atoms with Gasteiger partial charge in [-0.05, 0) is 37.0 Å². The van der Waals surface area contributed by atoms with E-state index in [-0.39, 0.29) is 6.10 Å². The monoisotopic (exact) mass is 126 g/mol. The maximum Gasteiger partial charge on any atom is 0.0621 e. The third-order valence-corrected chi connectivity index (χ3v) is 3.33. The normalized spacial score (nSPS) is 56.7. The lowest BCUT2D eigenvalue weighted by Gasteiger charge is -2.22. The summed E-state index contributed by atoms with van der Waals surface area (Å²) in [4.78, 5) is 0. The topological polar surface area (TPSA) is 20.2 Å². The molecule has 0 spiro atoms. The molecular weight excluding hydrogens is 112 g/mol. The van der Waals surface area contributed by atoms with Gasteiger partial charge in [0.15, 0.2) is 0 Å². The molecule has 0 aromatic rings. The first-order valence-corrected chi connectivity index (χ1v) is 3.90. The molecule has 2 saturated carbocycles. The van der Waals surface area contributed by atoms with Crippen LogP contribution in [-0.2, 0) is 0 Å². The molecule has 1 heteroatoms. The Morgan fingerprint density at radius 3 is 2.00 bits per heavy atom.